The third kappa shape index (κ3) is 4.55. The molecule has 0 radical (unpaired) electrons. The summed E-state index contributed by atoms with van der Waals surface area (Å²) in [6.07, 6.45) is 5.47. The molecule has 2 aliphatic rings. The van der Waals surface area contributed by atoms with E-state index in [1.807, 2.05) is 42.6 Å². The quantitative estimate of drug-likeness (QED) is 0.487. The molecule has 2 fully saturated rings. The van der Waals surface area contributed by atoms with Gasteiger partial charge in [0.2, 0.25) is 11.9 Å². The molecule has 184 valence electrons. The van der Waals surface area contributed by atoms with Crippen molar-refractivity contribution in [3.63, 3.8) is 0 Å². The van der Waals surface area contributed by atoms with Gasteiger partial charge >= 0.3 is 6.09 Å². The van der Waals surface area contributed by atoms with Crippen molar-refractivity contribution in [2.75, 3.05) is 28.2 Å². The Kier molecular flexibility index (Phi) is 6.22. The van der Waals surface area contributed by atoms with Crippen molar-refractivity contribution in [1.29, 1.82) is 0 Å². The second kappa shape index (κ2) is 8.84. The number of aromatic nitrogens is 4. The molecule has 3 heterocycles. The summed E-state index contributed by atoms with van der Waals surface area (Å²) in [5.41, 5.74) is 0.532. The molecule has 0 aromatic carbocycles. The minimum atomic E-state index is -0.684. The molecule has 34 heavy (non-hydrogen) atoms. The first-order valence-electron chi connectivity index (χ1n) is 11.6. The Morgan fingerprint density at radius 2 is 1.79 bits per heavy atom. The van der Waals surface area contributed by atoms with E-state index < -0.39 is 11.7 Å². The fraction of sp³-hybridized carbons (Fsp3) is 0.652. The molecular weight excluding hydrogens is 436 g/mol. The van der Waals surface area contributed by atoms with E-state index in [0.717, 1.165) is 25.2 Å². The van der Waals surface area contributed by atoms with Gasteiger partial charge in [0.15, 0.2) is 17.0 Å². The zero-order chi connectivity index (χ0) is 24.8. The minimum absolute atomic E-state index is 0.146. The smallest absolute Gasteiger partial charge is 0.417 e. The van der Waals surface area contributed by atoms with Crippen molar-refractivity contribution in [3.05, 3.63) is 12.7 Å². The van der Waals surface area contributed by atoms with Gasteiger partial charge in [0.05, 0.1) is 18.4 Å². The summed E-state index contributed by atoms with van der Waals surface area (Å²) in [5, 5.41) is 0. The average molecular weight is 471 g/mol. The van der Waals surface area contributed by atoms with Crippen LogP contribution in [0.3, 0.4) is 0 Å². The minimum Gasteiger partial charge on any atom is -0.443 e. The highest BCUT2D eigenvalue weighted by Crippen LogP contribution is 2.42. The maximum absolute atomic E-state index is 13.0. The number of carbonyl (C=O) groups excluding carboxylic acids is 2. The summed E-state index contributed by atoms with van der Waals surface area (Å²) in [7, 11) is 7.67. The van der Waals surface area contributed by atoms with Crippen molar-refractivity contribution < 1.29 is 14.3 Å². The van der Waals surface area contributed by atoms with Gasteiger partial charge in [-0.15, -0.1) is 0 Å². The number of aliphatic imine (C=N–C) groups is 1. The Bertz CT molecular complexity index is 1110. The van der Waals surface area contributed by atoms with E-state index in [-0.39, 0.29) is 23.9 Å². The van der Waals surface area contributed by atoms with Crippen LogP contribution in [0.25, 0.3) is 11.2 Å². The van der Waals surface area contributed by atoms with E-state index in [1.54, 1.807) is 27.1 Å². The summed E-state index contributed by atoms with van der Waals surface area (Å²) in [6.45, 7) is 5.41. The Hall–Kier alpha value is -3.24. The van der Waals surface area contributed by atoms with Crippen LogP contribution in [0.5, 0.6) is 0 Å². The number of amides is 2. The largest absolute Gasteiger partial charge is 0.443 e. The zero-order valence-electron chi connectivity index (χ0n) is 21.0. The Balaban J connectivity index is 1.73. The number of guanidine groups is 1. The predicted molar refractivity (Wildman–Crippen MR) is 128 cm³/mol. The molecule has 4 rings (SSSR count). The fourth-order valence-corrected chi connectivity index (χ4v) is 4.94. The van der Waals surface area contributed by atoms with E-state index in [4.69, 9.17) is 9.73 Å². The molecule has 1 saturated heterocycles. The topological polar surface area (TPSA) is 109 Å². The summed E-state index contributed by atoms with van der Waals surface area (Å²) >= 11 is 0. The van der Waals surface area contributed by atoms with Gasteiger partial charge in [0, 0.05) is 34.6 Å². The molecule has 1 aliphatic carbocycles. The maximum atomic E-state index is 13.0. The van der Waals surface area contributed by atoms with Gasteiger partial charge in [-0.2, -0.15) is 4.99 Å². The van der Waals surface area contributed by atoms with Crippen LogP contribution in [-0.4, -0.2) is 92.0 Å². The van der Waals surface area contributed by atoms with Crippen LogP contribution in [0.15, 0.2) is 17.6 Å². The summed E-state index contributed by atoms with van der Waals surface area (Å²) in [4.78, 5) is 49.3. The second-order valence-corrected chi connectivity index (χ2v) is 10.5. The van der Waals surface area contributed by atoms with Crippen LogP contribution in [0.4, 0.5) is 10.6 Å². The second-order valence-electron chi connectivity index (χ2n) is 10.5. The highest BCUT2D eigenvalue weighted by atomic mass is 16.6. The SMILES string of the molecule is CN(C)C(=Nc1ncnc2c1ncn2[C@H]1CC[C@@H]2CC(=O)N(C(=O)OC(C)(C)C)[C@H]1C2)N(C)C. The normalized spacial score (nSPS) is 22.5. The lowest BCUT2D eigenvalue weighted by Crippen LogP contribution is -2.56. The molecule has 11 heteroatoms. The third-order valence-electron chi connectivity index (χ3n) is 6.25. The highest BCUT2D eigenvalue weighted by Gasteiger charge is 2.47. The van der Waals surface area contributed by atoms with Gasteiger partial charge in [-0.3, -0.25) is 4.79 Å². The predicted octanol–water partition coefficient (Wildman–Crippen LogP) is 2.81. The van der Waals surface area contributed by atoms with Gasteiger partial charge < -0.3 is 19.1 Å². The molecule has 2 bridgehead atoms. The first kappa shape index (κ1) is 23.9. The van der Waals surface area contributed by atoms with E-state index in [2.05, 4.69) is 15.0 Å². The number of nitrogens with zero attached hydrogens (tertiary/aromatic N) is 8. The molecular formula is C23H34N8O3. The molecule has 0 unspecified atom stereocenters. The zero-order valence-corrected chi connectivity index (χ0v) is 21.0. The summed E-state index contributed by atoms with van der Waals surface area (Å²) < 4.78 is 7.56. The van der Waals surface area contributed by atoms with Gasteiger partial charge in [-0.05, 0) is 46.0 Å². The Morgan fingerprint density at radius 3 is 2.44 bits per heavy atom. The molecule has 2 aromatic rings. The number of ether oxygens (including phenoxy) is 1. The molecule has 0 N–H and O–H groups in total. The highest BCUT2D eigenvalue weighted by molar-refractivity contribution is 5.93. The third-order valence-corrected chi connectivity index (χ3v) is 6.25. The molecule has 2 aromatic heterocycles. The van der Waals surface area contributed by atoms with Crippen molar-refractivity contribution in [1.82, 2.24) is 34.2 Å². The standard InChI is InChI=1S/C23H34N8O3/c1-23(2,3)34-22(33)31-16-10-14(11-17(31)32)8-9-15(16)30-13-26-18-19(24-12-25-20(18)30)27-21(28(4)5)29(6)7/h12-16H,8-11H2,1-7H3/t14-,15-,16-/m0/s1. The van der Waals surface area contributed by atoms with Crippen molar-refractivity contribution >= 4 is 34.9 Å². The Morgan fingerprint density at radius 1 is 1.09 bits per heavy atom. The first-order valence-corrected chi connectivity index (χ1v) is 11.6. The molecule has 1 aliphatic heterocycles. The lowest BCUT2D eigenvalue weighted by molar-refractivity contribution is -0.140. The Labute approximate surface area is 199 Å². The van der Waals surface area contributed by atoms with Gasteiger partial charge in [0.25, 0.3) is 0 Å². The lowest BCUT2D eigenvalue weighted by atomic mass is 9.76. The van der Waals surface area contributed by atoms with Crippen molar-refractivity contribution in [2.45, 2.75) is 64.1 Å². The van der Waals surface area contributed by atoms with Crippen LogP contribution >= 0.6 is 0 Å². The van der Waals surface area contributed by atoms with Gasteiger partial charge in [0.1, 0.15) is 11.9 Å². The number of hydrogen-bond donors (Lipinski definition) is 0. The number of carbonyl (C=O) groups is 2. The number of piperidine rings is 1. The van der Waals surface area contributed by atoms with Gasteiger partial charge in [-0.25, -0.2) is 24.6 Å². The monoisotopic (exact) mass is 470 g/mol. The molecule has 3 atom stereocenters. The van der Waals surface area contributed by atoms with E-state index in [9.17, 15) is 9.59 Å². The number of imide groups is 1. The van der Waals surface area contributed by atoms with Gasteiger partial charge in [-0.1, -0.05) is 0 Å². The number of imidazole rings is 1. The summed E-state index contributed by atoms with van der Waals surface area (Å²) in [5.74, 6) is 1.30. The molecule has 1 saturated carbocycles. The first-order chi connectivity index (χ1) is 16.0. The van der Waals surface area contributed by atoms with Crippen LogP contribution < -0.4 is 0 Å². The van der Waals surface area contributed by atoms with E-state index >= 15 is 0 Å². The van der Waals surface area contributed by atoms with Crippen LogP contribution in [-0.2, 0) is 9.53 Å². The van der Waals surface area contributed by atoms with E-state index in [0.29, 0.717) is 23.4 Å². The van der Waals surface area contributed by atoms with Crippen molar-refractivity contribution in [2.24, 2.45) is 10.9 Å². The molecule has 0 spiro atoms. The van der Waals surface area contributed by atoms with Crippen LogP contribution in [0, 0.1) is 5.92 Å². The fourth-order valence-electron chi connectivity index (χ4n) is 4.94. The lowest BCUT2D eigenvalue weighted by Gasteiger charge is -2.46. The number of hydrogen-bond acceptors (Lipinski definition) is 7. The number of fused-ring (bicyclic) bond motifs is 3. The van der Waals surface area contributed by atoms with Crippen LogP contribution in [0.2, 0.25) is 0 Å². The van der Waals surface area contributed by atoms with Crippen LogP contribution in [0.1, 0.15) is 52.5 Å². The number of rotatable bonds is 2. The molecule has 11 nitrogen and oxygen atoms in total. The van der Waals surface area contributed by atoms with Crippen molar-refractivity contribution in [3.8, 4) is 0 Å². The number of likely N-dealkylation sites (tertiary alicyclic amines) is 1. The average Bonchev–Trinajstić information content (AvgIpc) is 3.15. The summed E-state index contributed by atoms with van der Waals surface area (Å²) in [6, 6.07) is -0.458. The maximum Gasteiger partial charge on any atom is 0.417 e. The molecule has 2 amide bonds. The van der Waals surface area contributed by atoms with E-state index in [1.165, 1.54) is 11.2 Å².